The number of hydrogen-bond acceptors (Lipinski definition) is 6. The molecular formula is C20H21NO6. The molecule has 0 aliphatic heterocycles. The fraction of sp³-hybridized carbons (Fsp3) is 0.250. The number of methoxy groups -OCH3 is 4. The minimum absolute atomic E-state index is 0.0398. The lowest BCUT2D eigenvalue weighted by atomic mass is 9.99. The number of H-pyrrole nitrogens is 1. The molecule has 0 saturated heterocycles. The Morgan fingerprint density at radius 1 is 0.926 bits per heavy atom. The molecular weight excluding hydrogens is 350 g/mol. The Morgan fingerprint density at radius 3 is 2.04 bits per heavy atom. The maximum Gasteiger partial charge on any atom is 0.203 e. The molecule has 2 N–H and O–H groups in total. The molecule has 0 bridgehead atoms. The van der Waals surface area contributed by atoms with Crippen LogP contribution in [0.15, 0.2) is 24.3 Å². The number of phenolic OH excluding ortho intramolecular Hbond substituents is 1. The highest BCUT2D eigenvalue weighted by Crippen LogP contribution is 2.41. The van der Waals surface area contributed by atoms with Gasteiger partial charge in [0.2, 0.25) is 5.75 Å². The van der Waals surface area contributed by atoms with E-state index in [-0.39, 0.29) is 11.5 Å². The number of benzene rings is 2. The first-order valence-corrected chi connectivity index (χ1v) is 8.19. The van der Waals surface area contributed by atoms with Crippen molar-refractivity contribution in [1.29, 1.82) is 0 Å². The molecule has 0 atom stereocenters. The van der Waals surface area contributed by atoms with E-state index in [1.54, 1.807) is 31.2 Å². The van der Waals surface area contributed by atoms with E-state index < -0.39 is 0 Å². The van der Waals surface area contributed by atoms with Crippen LogP contribution >= 0.6 is 0 Å². The van der Waals surface area contributed by atoms with Crippen LogP contribution in [0.25, 0.3) is 10.9 Å². The summed E-state index contributed by atoms with van der Waals surface area (Å²) in [5.74, 6) is 1.25. The van der Waals surface area contributed by atoms with Gasteiger partial charge in [-0.1, -0.05) is 0 Å². The topological polar surface area (TPSA) is 90.0 Å². The second-order valence-corrected chi connectivity index (χ2v) is 5.91. The third-order valence-corrected chi connectivity index (χ3v) is 4.47. The van der Waals surface area contributed by atoms with Crippen molar-refractivity contribution in [3.63, 3.8) is 0 Å². The van der Waals surface area contributed by atoms with E-state index in [1.165, 1.54) is 28.4 Å². The van der Waals surface area contributed by atoms with Gasteiger partial charge in [0.1, 0.15) is 0 Å². The number of carbonyl (C=O) groups excluding carboxylic acids is 1. The summed E-state index contributed by atoms with van der Waals surface area (Å²) in [5.41, 5.74) is 1.91. The van der Waals surface area contributed by atoms with Crippen molar-refractivity contribution in [3.05, 3.63) is 41.1 Å². The van der Waals surface area contributed by atoms with Crippen LogP contribution in [0.3, 0.4) is 0 Å². The van der Waals surface area contributed by atoms with Crippen LogP contribution < -0.4 is 18.9 Å². The number of carbonyl (C=O) groups is 1. The Morgan fingerprint density at radius 2 is 1.52 bits per heavy atom. The fourth-order valence-electron chi connectivity index (χ4n) is 3.17. The van der Waals surface area contributed by atoms with Gasteiger partial charge >= 0.3 is 0 Å². The third kappa shape index (κ3) is 2.91. The SMILES string of the molecule is COc1cc(C(=O)c2c(C)[nH]c3c(O)c(OC)ccc23)cc(OC)c1OC. The van der Waals surface area contributed by atoms with Gasteiger partial charge in [-0.25, -0.2) is 0 Å². The van der Waals surface area contributed by atoms with Gasteiger partial charge in [-0.15, -0.1) is 0 Å². The molecule has 0 aliphatic rings. The summed E-state index contributed by atoms with van der Waals surface area (Å²) in [6, 6.07) is 6.57. The van der Waals surface area contributed by atoms with Crippen molar-refractivity contribution < 1.29 is 28.8 Å². The van der Waals surface area contributed by atoms with Crippen LogP contribution in [0.5, 0.6) is 28.7 Å². The number of aromatic nitrogens is 1. The molecule has 142 valence electrons. The Bertz CT molecular complexity index is 996. The minimum atomic E-state index is -0.234. The number of aryl methyl sites for hydroxylation is 1. The number of ketones is 1. The lowest BCUT2D eigenvalue weighted by molar-refractivity contribution is 0.103. The lowest BCUT2D eigenvalue weighted by Gasteiger charge is -2.14. The molecule has 3 rings (SSSR count). The molecule has 7 heteroatoms. The van der Waals surface area contributed by atoms with E-state index in [0.717, 1.165) is 0 Å². The number of hydrogen-bond donors (Lipinski definition) is 2. The van der Waals surface area contributed by atoms with Crippen molar-refractivity contribution in [2.45, 2.75) is 6.92 Å². The lowest BCUT2D eigenvalue weighted by Crippen LogP contribution is -2.05. The quantitative estimate of drug-likeness (QED) is 0.645. The molecule has 2 aromatic carbocycles. The van der Waals surface area contributed by atoms with Crippen LogP contribution in [-0.2, 0) is 0 Å². The van der Waals surface area contributed by atoms with E-state index in [4.69, 9.17) is 18.9 Å². The molecule has 0 spiro atoms. The zero-order valence-corrected chi connectivity index (χ0v) is 15.8. The molecule has 7 nitrogen and oxygen atoms in total. The highest BCUT2D eigenvalue weighted by molar-refractivity contribution is 6.18. The average Bonchev–Trinajstić information content (AvgIpc) is 3.03. The zero-order chi connectivity index (χ0) is 19.7. The summed E-state index contributed by atoms with van der Waals surface area (Å²) in [4.78, 5) is 16.3. The van der Waals surface area contributed by atoms with Crippen molar-refractivity contribution in [2.24, 2.45) is 0 Å². The van der Waals surface area contributed by atoms with E-state index in [1.807, 2.05) is 0 Å². The highest BCUT2D eigenvalue weighted by Gasteiger charge is 2.23. The van der Waals surface area contributed by atoms with Crippen molar-refractivity contribution >= 4 is 16.7 Å². The van der Waals surface area contributed by atoms with Gasteiger partial charge in [0.15, 0.2) is 28.8 Å². The molecule has 0 fully saturated rings. The molecule has 1 heterocycles. The first-order valence-electron chi connectivity index (χ1n) is 8.19. The Hall–Kier alpha value is -3.35. The summed E-state index contributed by atoms with van der Waals surface area (Å²) in [7, 11) is 5.96. The molecule has 3 aromatic rings. The summed E-state index contributed by atoms with van der Waals surface area (Å²) in [6.07, 6.45) is 0. The monoisotopic (exact) mass is 371 g/mol. The maximum absolute atomic E-state index is 13.3. The highest BCUT2D eigenvalue weighted by atomic mass is 16.5. The first kappa shape index (κ1) is 18.4. The van der Waals surface area contributed by atoms with Crippen LogP contribution in [0, 0.1) is 6.92 Å². The van der Waals surface area contributed by atoms with Gasteiger partial charge < -0.3 is 29.0 Å². The van der Waals surface area contributed by atoms with Crippen LogP contribution in [-0.4, -0.2) is 44.3 Å². The van der Waals surface area contributed by atoms with Gasteiger partial charge in [-0.2, -0.15) is 0 Å². The van der Waals surface area contributed by atoms with Gasteiger partial charge in [0.05, 0.1) is 39.5 Å². The van der Waals surface area contributed by atoms with Crippen LogP contribution in [0.4, 0.5) is 0 Å². The number of nitrogens with one attached hydrogen (secondary N) is 1. The summed E-state index contributed by atoms with van der Waals surface area (Å²) in [5, 5.41) is 10.9. The number of ether oxygens (including phenoxy) is 4. The normalized spacial score (nSPS) is 10.7. The van der Waals surface area contributed by atoms with Crippen molar-refractivity contribution in [3.8, 4) is 28.7 Å². The fourth-order valence-corrected chi connectivity index (χ4v) is 3.17. The predicted molar refractivity (Wildman–Crippen MR) is 101 cm³/mol. The van der Waals surface area contributed by atoms with E-state index in [0.29, 0.717) is 50.7 Å². The second kappa shape index (κ2) is 7.11. The smallest absolute Gasteiger partial charge is 0.203 e. The van der Waals surface area contributed by atoms with Gasteiger partial charge in [-0.3, -0.25) is 4.79 Å². The predicted octanol–water partition coefficient (Wildman–Crippen LogP) is 3.45. The summed E-state index contributed by atoms with van der Waals surface area (Å²) < 4.78 is 21.1. The third-order valence-electron chi connectivity index (χ3n) is 4.47. The number of phenols is 1. The van der Waals surface area contributed by atoms with Gasteiger partial charge in [0.25, 0.3) is 0 Å². The number of aromatic hydroxyl groups is 1. The van der Waals surface area contributed by atoms with E-state index >= 15 is 0 Å². The molecule has 0 radical (unpaired) electrons. The largest absolute Gasteiger partial charge is 0.503 e. The molecule has 0 unspecified atom stereocenters. The molecule has 0 amide bonds. The Labute approximate surface area is 156 Å². The zero-order valence-electron chi connectivity index (χ0n) is 15.8. The van der Waals surface area contributed by atoms with Gasteiger partial charge in [-0.05, 0) is 31.2 Å². The number of rotatable bonds is 6. The summed E-state index contributed by atoms with van der Waals surface area (Å²) in [6.45, 7) is 1.77. The average molecular weight is 371 g/mol. The first-order chi connectivity index (χ1) is 13.0. The second-order valence-electron chi connectivity index (χ2n) is 5.91. The Kier molecular flexibility index (Phi) is 4.85. The maximum atomic E-state index is 13.3. The minimum Gasteiger partial charge on any atom is -0.503 e. The number of aromatic amines is 1. The Balaban J connectivity index is 2.19. The molecule has 0 saturated carbocycles. The number of fused-ring (bicyclic) bond motifs is 1. The van der Waals surface area contributed by atoms with E-state index in [2.05, 4.69) is 4.98 Å². The molecule has 0 aliphatic carbocycles. The molecule has 27 heavy (non-hydrogen) atoms. The van der Waals surface area contributed by atoms with Gasteiger partial charge in [0, 0.05) is 16.6 Å². The summed E-state index contributed by atoms with van der Waals surface area (Å²) >= 11 is 0. The van der Waals surface area contributed by atoms with Crippen molar-refractivity contribution in [2.75, 3.05) is 28.4 Å². The van der Waals surface area contributed by atoms with Crippen LogP contribution in [0.2, 0.25) is 0 Å². The molecule has 1 aromatic heterocycles. The van der Waals surface area contributed by atoms with E-state index in [9.17, 15) is 9.90 Å². The standard InChI is InChI=1S/C20H21NO6/c1-10-16(12-6-7-13(24-2)19(23)17(12)21-10)18(22)11-8-14(25-3)20(27-5)15(9-11)26-4/h6-9,21,23H,1-5H3. The van der Waals surface area contributed by atoms with Crippen LogP contribution in [0.1, 0.15) is 21.6 Å². The van der Waals surface area contributed by atoms with Crippen molar-refractivity contribution in [1.82, 2.24) is 4.98 Å².